The number of nitrogens with zero attached hydrogens (tertiary/aromatic N) is 1. The first kappa shape index (κ1) is 13.4. The average Bonchev–Trinajstić information content (AvgIpc) is 2.46. The van der Waals surface area contributed by atoms with Gasteiger partial charge in [0, 0.05) is 36.7 Å². The number of anilines is 1. The van der Waals surface area contributed by atoms with Gasteiger partial charge in [-0.1, -0.05) is 17.7 Å². The third-order valence-corrected chi connectivity index (χ3v) is 2.91. The summed E-state index contributed by atoms with van der Waals surface area (Å²) < 4.78 is 0. The van der Waals surface area contributed by atoms with E-state index in [1.165, 1.54) is 0 Å². The Kier molecular flexibility index (Phi) is 4.36. The number of nitrogens with one attached hydrogen (secondary N) is 2. The van der Waals surface area contributed by atoms with Gasteiger partial charge in [0.25, 0.3) is 5.91 Å². The van der Waals surface area contributed by atoms with Crippen LogP contribution in [0.4, 0.5) is 5.69 Å². The molecule has 0 aliphatic heterocycles. The lowest BCUT2D eigenvalue weighted by molar-refractivity contribution is 0.0951. The van der Waals surface area contributed by atoms with Gasteiger partial charge in [-0.2, -0.15) is 0 Å². The van der Waals surface area contributed by atoms with Crippen LogP contribution in [0.3, 0.4) is 0 Å². The van der Waals surface area contributed by atoms with E-state index >= 15 is 0 Å². The summed E-state index contributed by atoms with van der Waals surface area (Å²) in [4.78, 5) is 16.1. The van der Waals surface area contributed by atoms with Crippen LogP contribution >= 0.6 is 11.6 Å². The molecule has 0 unspecified atom stereocenters. The minimum Gasteiger partial charge on any atom is -0.387 e. The molecule has 0 spiro atoms. The maximum atomic E-state index is 12.1. The third kappa shape index (κ3) is 3.45. The first-order valence-electron chi connectivity index (χ1n) is 5.85. The van der Waals surface area contributed by atoms with Crippen LogP contribution in [0, 0.1) is 0 Å². The summed E-state index contributed by atoms with van der Waals surface area (Å²) >= 11 is 5.92. The molecule has 1 aromatic heterocycles. The minimum absolute atomic E-state index is 0.171. The molecule has 2 rings (SSSR count). The smallest absolute Gasteiger partial charge is 0.253 e. The zero-order valence-electron chi connectivity index (χ0n) is 10.5. The SMILES string of the molecule is CNc1ccc(Cl)cc1C(=O)NCc1cccnc1. The van der Waals surface area contributed by atoms with Gasteiger partial charge in [0.05, 0.1) is 5.56 Å². The Hall–Kier alpha value is -2.07. The number of hydrogen-bond donors (Lipinski definition) is 2. The number of aromatic nitrogens is 1. The van der Waals surface area contributed by atoms with Crippen LogP contribution < -0.4 is 10.6 Å². The second kappa shape index (κ2) is 6.20. The maximum absolute atomic E-state index is 12.1. The van der Waals surface area contributed by atoms with Crippen molar-refractivity contribution in [2.24, 2.45) is 0 Å². The Labute approximate surface area is 116 Å². The summed E-state index contributed by atoms with van der Waals surface area (Å²) in [5.74, 6) is -0.171. The van der Waals surface area contributed by atoms with Crippen LogP contribution in [0.15, 0.2) is 42.7 Å². The van der Waals surface area contributed by atoms with Crippen molar-refractivity contribution in [3.8, 4) is 0 Å². The molecule has 5 heteroatoms. The van der Waals surface area contributed by atoms with Crippen molar-refractivity contribution in [3.63, 3.8) is 0 Å². The predicted molar refractivity (Wildman–Crippen MR) is 76.4 cm³/mol. The zero-order chi connectivity index (χ0) is 13.7. The Bertz CT molecular complexity index is 572. The summed E-state index contributed by atoms with van der Waals surface area (Å²) in [6.45, 7) is 0.433. The summed E-state index contributed by atoms with van der Waals surface area (Å²) in [6, 6.07) is 8.91. The lowest BCUT2D eigenvalue weighted by Crippen LogP contribution is -2.23. The Morgan fingerprint density at radius 2 is 2.21 bits per heavy atom. The molecule has 2 aromatic rings. The topological polar surface area (TPSA) is 54.0 Å². The van der Waals surface area contributed by atoms with Crippen LogP contribution in [-0.4, -0.2) is 17.9 Å². The molecule has 4 nitrogen and oxygen atoms in total. The monoisotopic (exact) mass is 275 g/mol. The van der Waals surface area contributed by atoms with Crippen LogP contribution in [0.5, 0.6) is 0 Å². The molecule has 1 amide bonds. The van der Waals surface area contributed by atoms with Crippen molar-refractivity contribution >= 4 is 23.2 Å². The highest BCUT2D eigenvalue weighted by Crippen LogP contribution is 2.20. The van der Waals surface area contributed by atoms with Gasteiger partial charge in [0.2, 0.25) is 0 Å². The largest absolute Gasteiger partial charge is 0.387 e. The molecule has 2 N–H and O–H groups in total. The molecule has 0 atom stereocenters. The number of pyridine rings is 1. The predicted octanol–water partition coefficient (Wildman–Crippen LogP) is 2.71. The molecule has 1 aromatic carbocycles. The maximum Gasteiger partial charge on any atom is 0.253 e. The molecule has 98 valence electrons. The summed E-state index contributed by atoms with van der Waals surface area (Å²) in [5.41, 5.74) is 2.22. The van der Waals surface area contributed by atoms with E-state index in [9.17, 15) is 4.79 Å². The van der Waals surface area contributed by atoms with Crippen molar-refractivity contribution in [2.75, 3.05) is 12.4 Å². The number of benzene rings is 1. The third-order valence-electron chi connectivity index (χ3n) is 2.67. The molecule has 0 saturated heterocycles. The van der Waals surface area contributed by atoms with E-state index in [4.69, 9.17) is 11.6 Å². The molecule has 0 fully saturated rings. The van der Waals surface area contributed by atoms with Gasteiger partial charge >= 0.3 is 0 Å². The number of halogens is 1. The van der Waals surface area contributed by atoms with Crippen LogP contribution in [0.2, 0.25) is 5.02 Å². The number of amides is 1. The van der Waals surface area contributed by atoms with Crippen molar-refractivity contribution in [3.05, 3.63) is 58.9 Å². The van der Waals surface area contributed by atoms with Crippen molar-refractivity contribution in [2.45, 2.75) is 6.54 Å². The van der Waals surface area contributed by atoms with Gasteiger partial charge in [0.15, 0.2) is 0 Å². The van der Waals surface area contributed by atoms with E-state index < -0.39 is 0 Å². The molecule has 19 heavy (non-hydrogen) atoms. The lowest BCUT2D eigenvalue weighted by Gasteiger charge is -2.10. The average molecular weight is 276 g/mol. The van der Waals surface area contributed by atoms with E-state index in [1.807, 2.05) is 12.1 Å². The van der Waals surface area contributed by atoms with E-state index in [-0.39, 0.29) is 5.91 Å². The van der Waals surface area contributed by atoms with Gasteiger partial charge in [-0.3, -0.25) is 9.78 Å². The van der Waals surface area contributed by atoms with E-state index in [1.54, 1.807) is 37.6 Å². The van der Waals surface area contributed by atoms with Crippen LogP contribution in [0.25, 0.3) is 0 Å². The highest BCUT2D eigenvalue weighted by Gasteiger charge is 2.11. The Morgan fingerprint density at radius 3 is 2.89 bits per heavy atom. The second-order valence-electron chi connectivity index (χ2n) is 3.98. The van der Waals surface area contributed by atoms with Crippen LogP contribution in [0.1, 0.15) is 15.9 Å². The molecule has 1 heterocycles. The van der Waals surface area contributed by atoms with E-state index in [0.29, 0.717) is 17.1 Å². The van der Waals surface area contributed by atoms with E-state index in [2.05, 4.69) is 15.6 Å². The highest BCUT2D eigenvalue weighted by molar-refractivity contribution is 6.31. The quantitative estimate of drug-likeness (QED) is 0.902. The Morgan fingerprint density at radius 1 is 1.37 bits per heavy atom. The molecular weight excluding hydrogens is 262 g/mol. The van der Waals surface area contributed by atoms with Crippen molar-refractivity contribution in [1.29, 1.82) is 0 Å². The van der Waals surface area contributed by atoms with Crippen LogP contribution in [-0.2, 0) is 6.54 Å². The number of carbonyl (C=O) groups excluding carboxylic acids is 1. The summed E-state index contributed by atoms with van der Waals surface area (Å²) in [5, 5.41) is 6.34. The van der Waals surface area contributed by atoms with Crippen molar-refractivity contribution in [1.82, 2.24) is 10.3 Å². The van der Waals surface area contributed by atoms with E-state index in [0.717, 1.165) is 11.3 Å². The summed E-state index contributed by atoms with van der Waals surface area (Å²) in [6.07, 6.45) is 3.42. The molecule has 0 aliphatic carbocycles. The molecule has 0 bridgehead atoms. The summed E-state index contributed by atoms with van der Waals surface area (Å²) in [7, 11) is 1.77. The first-order chi connectivity index (χ1) is 9.20. The minimum atomic E-state index is -0.171. The van der Waals surface area contributed by atoms with Gasteiger partial charge in [0.1, 0.15) is 0 Å². The van der Waals surface area contributed by atoms with Gasteiger partial charge in [-0.25, -0.2) is 0 Å². The fraction of sp³-hybridized carbons (Fsp3) is 0.143. The molecule has 0 aliphatic rings. The first-order valence-corrected chi connectivity index (χ1v) is 6.23. The fourth-order valence-corrected chi connectivity index (χ4v) is 1.87. The normalized spacial score (nSPS) is 10.0. The zero-order valence-corrected chi connectivity index (χ0v) is 11.2. The van der Waals surface area contributed by atoms with Gasteiger partial charge in [-0.15, -0.1) is 0 Å². The number of hydrogen-bond acceptors (Lipinski definition) is 3. The fourth-order valence-electron chi connectivity index (χ4n) is 1.70. The Balaban J connectivity index is 2.10. The molecule has 0 radical (unpaired) electrons. The van der Waals surface area contributed by atoms with Crippen molar-refractivity contribution < 1.29 is 4.79 Å². The van der Waals surface area contributed by atoms with Gasteiger partial charge in [-0.05, 0) is 29.8 Å². The number of carbonyl (C=O) groups is 1. The number of rotatable bonds is 4. The molecule has 0 saturated carbocycles. The standard InChI is InChI=1S/C14H14ClN3O/c1-16-13-5-4-11(15)7-12(13)14(19)18-9-10-3-2-6-17-8-10/h2-8,16H,9H2,1H3,(H,18,19). The lowest BCUT2D eigenvalue weighted by atomic mass is 10.1. The van der Waals surface area contributed by atoms with Gasteiger partial charge < -0.3 is 10.6 Å². The highest BCUT2D eigenvalue weighted by atomic mass is 35.5. The molecular formula is C14H14ClN3O. The second-order valence-corrected chi connectivity index (χ2v) is 4.42.